The van der Waals surface area contributed by atoms with Crippen molar-refractivity contribution in [2.75, 3.05) is 50.0 Å². The smallest absolute Gasteiger partial charge is 0.228 e. The van der Waals surface area contributed by atoms with Gasteiger partial charge >= 0.3 is 0 Å². The molecule has 1 aliphatic heterocycles. The Morgan fingerprint density at radius 2 is 1.94 bits per heavy atom. The van der Waals surface area contributed by atoms with E-state index in [1.807, 2.05) is 0 Å². The van der Waals surface area contributed by atoms with Gasteiger partial charge in [0.25, 0.3) is 0 Å². The zero-order valence-electron chi connectivity index (χ0n) is 19.3. The van der Waals surface area contributed by atoms with Crippen LogP contribution in [0.15, 0.2) is 41.3 Å². The van der Waals surface area contributed by atoms with Crippen LogP contribution in [-0.4, -0.2) is 60.9 Å². The maximum Gasteiger partial charge on any atom is 0.228 e. The van der Waals surface area contributed by atoms with Crippen LogP contribution in [0.5, 0.6) is 0 Å². The molecular formula is C25H29F2N3O2S2. The molecule has 0 N–H and O–H groups in total. The lowest BCUT2D eigenvalue weighted by molar-refractivity contribution is -0.118. The highest BCUT2D eigenvalue weighted by Crippen LogP contribution is 2.32. The molecule has 2 aromatic carbocycles. The highest BCUT2D eigenvalue weighted by atomic mass is 32.2. The van der Waals surface area contributed by atoms with Crippen molar-refractivity contribution >= 4 is 44.4 Å². The summed E-state index contributed by atoms with van der Waals surface area (Å²) < 4.78 is 33.7. The van der Waals surface area contributed by atoms with E-state index in [9.17, 15) is 13.6 Å². The van der Waals surface area contributed by atoms with E-state index in [0.717, 1.165) is 68.8 Å². The summed E-state index contributed by atoms with van der Waals surface area (Å²) >= 11 is 2.89. The number of fused-ring (bicyclic) bond motifs is 1. The van der Waals surface area contributed by atoms with E-state index in [2.05, 4.69) is 41.1 Å². The number of aromatic nitrogens is 1. The summed E-state index contributed by atoms with van der Waals surface area (Å²) in [4.78, 5) is 22.7. The Balaban J connectivity index is 1.40. The number of hydrogen-bond acceptors (Lipinski definition) is 6. The molecule has 0 aliphatic carbocycles. The van der Waals surface area contributed by atoms with Crippen LogP contribution in [0.1, 0.15) is 24.8 Å². The van der Waals surface area contributed by atoms with Gasteiger partial charge in [-0.25, -0.2) is 13.8 Å². The number of thioether (sulfide) groups is 1. The van der Waals surface area contributed by atoms with Crippen LogP contribution < -0.4 is 4.90 Å². The van der Waals surface area contributed by atoms with Crippen molar-refractivity contribution in [3.05, 3.63) is 53.6 Å². The number of halogens is 2. The van der Waals surface area contributed by atoms with E-state index in [-0.39, 0.29) is 11.4 Å². The van der Waals surface area contributed by atoms with E-state index in [0.29, 0.717) is 22.8 Å². The van der Waals surface area contributed by atoms with Gasteiger partial charge in [0.15, 0.2) is 10.9 Å². The normalized spacial score (nSPS) is 14.6. The Kier molecular flexibility index (Phi) is 8.88. The Hall–Kier alpha value is -2.07. The summed E-state index contributed by atoms with van der Waals surface area (Å²) in [7, 11) is 0. The maximum atomic E-state index is 14.2. The minimum Gasteiger partial charge on any atom is -0.379 e. The molecule has 182 valence electrons. The van der Waals surface area contributed by atoms with Gasteiger partial charge in [0.2, 0.25) is 5.91 Å². The minimum atomic E-state index is -0.701. The number of carbonyl (C=O) groups is 1. The molecule has 0 spiro atoms. The van der Waals surface area contributed by atoms with Crippen LogP contribution in [0, 0.1) is 18.6 Å². The molecule has 0 radical (unpaired) electrons. The van der Waals surface area contributed by atoms with Crippen LogP contribution in [0.25, 0.3) is 10.2 Å². The average molecular weight is 506 g/mol. The van der Waals surface area contributed by atoms with E-state index in [1.54, 1.807) is 16.7 Å². The number of morpholine rings is 1. The monoisotopic (exact) mass is 505 g/mol. The number of aryl methyl sites for hydroxylation is 1. The number of ether oxygens (including phenoxy) is 1. The summed E-state index contributed by atoms with van der Waals surface area (Å²) in [6.07, 6.45) is 1.88. The van der Waals surface area contributed by atoms with Crippen molar-refractivity contribution in [3.8, 4) is 0 Å². The lowest BCUT2D eigenvalue weighted by Gasteiger charge is -2.27. The second-order valence-corrected chi connectivity index (χ2v) is 10.5. The summed E-state index contributed by atoms with van der Waals surface area (Å²) in [6.45, 7) is 6.62. The first-order valence-electron chi connectivity index (χ1n) is 11.5. The zero-order chi connectivity index (χ0) is 23.9. The van der Waals surface area contributed by atoms with Crippen LogP contribution in [0.2, 0.25) is 0 Å². The number of anilines is 1. The summed E-state index contributed by atoms with van der Waals surface area (Å²) in [6, 6.07) is 10.5. The number of nitrogens with zero attached hydrogens (tertiary/aromatic N) is 3. The molecule has 0 unspecified atom stereocenters. The molecule has 2 heterocycles. The number of benzene rings is 2. The maximum absolute atomic E-state index is 14.2. The molecule has 4 rings (SSSR count). The Bertz CT molecular complexity index is 1100. The molecular weight excluding hydrogens is 476 g/mol. The molecule has 1 amide bonds. The van der Waals surface area contributed by atoms with Crippen molar-refractivity contribution in [1.29, 1.82) is 0 Å². The summed E-state index contributed by atoms with van der Waals surface area (Å²) in [5, 5.41) is 0.428. The van der Waals surface area contributed by atoms with Crippen molar-refractivity contribution in [1.82, 2.24) is 9.88 Å². The Morgan fingerprint density at radius 1 is 1.18 bits per heavy atom. The van der Waals surface area contributed by atoms with E-state index in [4.69, 9.17) is 4.74 Å². The summed E-state index contributed by atoms with van der Waals surface area (Å²) in [5.41, 5.74) is 1.33. The largest absolute Gasteiger partial charge is 0.379 e. The number of thiazole rings is 1. The fourth-order valence-corrected chi connectivity index (χ4v) is 5.75. The van der Waals surface area contributed by atoms with Gasteiger partial charge in [-0.05, 0) is 43.7 Å². The van der Waals surface area contributed by atoms with Gasteiger partial charge in [-0.2, -0.15) is 0 Å². The first-order valence-corrected chi connectivity index (χ1v) is 13.4. The molecule has 1 aliphatic rings. The topological polar surface area (TPSA) is 45.7 Å². The number of rotatable bonds is 10. The van der Waals surface area contributed by atoms with Gasteiger partial charge in [0, 0.05) is 43.6 Å². The first-order chi connectivity index (χ1) is 16.5. The van der Waals surface area contributed by atoms with Crippen LogP contribution >= 0.6 is 23.1 Å². The van der Waals surface area contributed by atoms with Gasteiger partial charge in [-0.3, -0.25) is 14.6 Å². The molecule has 1 fully saturated rings. The Labute approximate surface area is 207 Å². The van der Waals surface area contributed by atoms with Crippen molar-refractivity contribution in [3.63, 3.8) is 0 Å². The molecule has 34 heavy (non-hydrogen) atoms. The van der Waals surface area contributed by atoms with Crippen LogP contribution in [0.3, 0.4) is 0 Å². The van der Waals surface area contributed by atoms with Gasteiger partial charge < -0.3 is 4.74 Å². The lowest BCUT2D eigenvalue weighted by Crippen LogP contribution is -2.39. The van der Waals surface area contributed by atoms with Gasteiger partial charge in [-0.15, -0.1) is 11.8 Å². The van der Waals surface area contributed by atoms with Crippen molar-refractivity contribution in [2.45, 2.75) is 31.1 Å². The number of carbonyl (C=O) groups excluding carboxylic acids is 1. The van der Waals surface area contributed by atoms with Crippen molar-refractivity contribution in [2.24, 2.45) is 0 Å². The highest BCUT2D eigenvalue weighted by Gasteiger charge is 2.21. The van der Waals surface area contributed by atoms with Gasteiger partial charge in [-0.1, -0.05) is 29.0 Å². The lowest BCUT2D eigenvalue weighted by atomic mass is 10.2. The third-order valence-corrected chi connectivity index (χ3v) is 7.84. The second-order valence-electron chi connectivity index (χ2n) is 8.35. The number of hydrogen-bond donors (Lipinski definition) is 0. The number of amides is 1. The molecule has 0 atom stereocenters. The molecule has 0 bridgehead atoms. The Morgan fingerprint density at radius 3 is 2.71 bits per heavy atom. The molecule has 5 nitrogen and oxygen atoms in total. The van der Waals surface area contributed by atoms with Crippen molar-refractivity contribution < 1.29 is 18.3 Å². The average Bonchev–Trinajstić information content (AvgIpc) is 3.25. The third-order valence-electron chi connectivity index (χ3n) is 5.72. The second kappa shape index (κ2) is 12.1. The van der Waals surface area contributed by atoms with E-state index in [1.165, 1.54) is 16.5 Å². The van der Waals surface area contributed by atoms with Crippen LogP contribution in [0.4, 0.5) is 13.9 Å². The predicted octanol–water partition coefficient (Wildman–Crippen LogP) is 5.51. The van der Waals surface area contributed by atoms with Gasteiger partial charge in [0.05, 0.1) is 17.9 Å². The molecule has 3 aromatic rings. The standard InChI is InChI=1S/C25H29F2N3O2S2/c1-18-5-7-20(8-6-18)33-15-2-4-23(31)30(10-3-9-29-11-13-32-14-12-29)25-28-24-21(27)16-19(26)17-22(24)34-25/h5-8,16-17H,2-4,9-15H2,1H3. The fraction of sp³-hybridized carbons (Fsp3) is 0.440. The molecule has 9 heteroatoms. The van der Waals surface area contributed by atoms with Crippen LogP contribution in [-0.2, 0) is 9.53 Å². The van der Waals surface area contributed by atoms with E-state index >= 15 is 0 Å². The summed E-state index contributed by atoms with van der Waals surface area (Å²) in [5.74, 6) is -0.548. The molecule has 1 saturated heterocycles. The fourth-order valence-electron chi connectivity index (χ4n) is 3.85. The third kappa shape index (κ3) is 6.75. The first kappa shape index (κ1) is 25.0. The molecule has 0 saturated carbocycles. The zero-order valence-corrected chi connectivity index (χ0v) is 20.9. The van der Waals surface area contributed by atoms with Gasteiger partial charge in [0.1, 0.15) is 11.3 Å². The SMILES string of the molecule is Cc1ccc(SCCCC(=O)N(CCCN2CCOCC2)c2nc3c(F)cc(F)cc3s2)cc1. The quantitative estimate of drug-likeness (QED) is 0.269. The highest BCUT2D eigenvalue weighted by molar-refractivity contribution is 7.99. The van der Waals surface area contributed by atoms with E-state index < -0.39 is 11.6 Å². The molecule has 1 aromatic heterocycles. The minimum absolute atomic E-state index is 0.0357. The predicted molar refractivity (Wildman–Crippen MR) is 135 cm³/mol.